The molecule has 2 atom stereocenters. The number of esters is 1. The second-order valence-corrected chi connectivity index (χ2v) is 19.3. The molecule has 0 radical (unpaired) electrons. The Hall–Kier alpha value is -1.92. The van der Waals surface area contributed by atoms with Crippen molar-refractivity contribution in [1.29, 1.82) is 0 Å². The third-order valence-corrected chi connectivity index (χ3v) is 12.9. The zero-order valence-corrected chi connectivity index (χ0v) is 42.8. The summed E-state index contributed by atoms with van der Waals surface area (Å²) in [7, 11) is 0. The molecule has 0 aromatic heterocycles. The third kappa shape index (κ3) is 49.5. The highest BCUT2D eigenvalue weighted by Crippen LogP contribution is 2.16. The van der Waals surface area contributed by atoms with Crippen molar-refractivity contribution < 1.29 is 24.5 Å². The highest BCUT2D eigenvalue weighted by molar-refractivity contribution is 5.76. The lowest BCUT2D eigenvalue weighted by molar-refractivity contribution is -0.143. The number of rotatable bonds is 52. The van der Waals surface area contributed by atoms with Gasteiger partial charge in [0, 0.05) is 12.8 Å². The van der Waals surface area contributed by atoms with Gasteiger partial charge in [-0.25, -0.2) is 0 Å². The molecule has 0 rings (SSSR count). The van der Waals surface area contributed by atoms with Crippen molar-refractivity contribution in [3.8, 4) is 0 Å². The quantitative estimate of drug-likeness (QED) is 0.0321. The molecule has 0 aliphatic carbocycles. The molecule has 3 N–H and O–H groups in total. The van der Waals surface area contributed by atoms with Crippen molar-refractivity contribution in [1.82, 2.24) is 5.32 Å². The minimum absolute atomic E-state index is 0.00578. The average molecular weight is 901 g/mol. The molecule has 0 saturated heterocycles. The molecule has 1 amide bonds. The summed E-state index contributed by atoms with van der Waals surface area (Å²) < 4.78 is 5.46. The largest absolute Gasteiger partial charge is 0.466 e. The normalized spacial score (nSPS) is 12.9. The number of carbonyl (C=O) groups is 2. The zero-order chi connectivity index (χ0) is 46.5. The molecule has 6 nitrogen and oxygen atoms in total. The van der Waals surface area contributed by atoms with E-state index in [0.717, 1.165) is 57.8 Å². The Kier molecular flexibility index (Phi) is 52.1. The smallest absolute Gasteiger partial charge is 0.305 e. The summed E-state index contributed by atoms with van der Waals surface area (Å²) >= 11 is 0. The molecule has 0 aromatic rings. The van der Waals surface area contributed by atoms with Gasteiger partial charge in [-0.1, -0.05) is 256 Å². The molecule has 0 aliphatic rings. The van der Waals surface area contributed by atoms with Crippen LogP contribution in [0, 0.1) is 0 Å². The van der Waals surface area contributed by atoms with Crippen LogP contribution in [0.5, 0.6) is 0 Å². The molecule has 0 spiro atoms. The maximum Gasteiger partial charge on any atom is 0.305 e. The average Bonchev–Trinajstić information content (AvgIpc) is 3.29. The molecule has 0 aliphatic heterocycles. The van der Waals surface area contributed by atoms with E-state index in [1.807, 2.05) is 6.08 Å². The third-order valence-electron chi connectivity index (χ3n) is 12.9. The van der Waals surface area contributed by atoms with E-state index < -0.39 is 12.1 Å². The molecule has 2 unspecified atom stereocenters. The number of ether oxygens (including phenoxy) is 1. The number of nitrogens with one attached hydrogen (secondary N) is 1. The fourth-order valence-electron chi connectivity index (χ4n) is 8.55. The number of aliphatic hydroxyl groups is 2. The summed E-state index contributed by atoms with van der Waals surface area (Å²) in [5, 5.41) is 23.0. The van der Waals surface area contributed by atoms with Gasteiger partial charge in [0.05, 0.1) is 25.4 Å². The monoisotopic (exact) mass is 900 g/mol. The van der Waals surface area contributed by atoms with Crippen LogP contribution in [0.25, 0.3) is 0 Å². The molecule has 0 fully saturated rings. The summed E-state index contributed by atoms with van der Waals surface area (Å²) in [4.78, 5) is 24.4. The topological polar surface area (TPSA) is 95.9 Å². The Labute approximate surface area is 398 Å². The van der Waals surface area contributed by atoms with Crippen LogP contribution < -0.4 is 5.32 Å². The number of carbonyl (C=O) groups excluding carboxylic acids is 2. The van der Waals surface area contributed by atoms with Crippen LogP contribution in [0.1, 0.15) is 296 Å². The lowest BCUT2D eigenvalue weighted by atomic mass is 10.0. The lowest BCUT2D eigenvalue weighted by Gasteiger charge is -2.20. The minimum Gasteiger partial charge on any atom is -0.466 e. The lowest BCUT2D eigenvalue weighted by Crippen LogP contribution is -2.45. The molecule has 0 saturated carbocycles. The SMILES string of the molecule is CCCCCCCCCCCCC/C=C/C(O)C(CO)NC(=O)CCCCCCCCC/C=C\C/C=C\CCCCCCCCCCCOC(=O)CCCCCCCCCCCCC. The van der Waals surface area contributed by atoms with Gasteiger partial charge in [0.15, 0.2) is 0 Å². The van der Waals surface area contributed by atoms with Crippen molar-refractivity contribution in [2.24, 2.45) is 0 Å². The van der Waals surface area contributed by atoms with Crippen LogP contribution in [-0.2, 0) is 14.3 Å². The summed E-state index contributed by atoms with van der Waals surface area (Å²) in [6.07, 6.45) is 65.9. The summed E-state index contributed by atoms with van der Waals surface area (Å²) in [6.45, 7) is 4.89. The van der Waals surface area contributed by atoms with Crippen molar-refractivity contribution in [3.05, 3.63) is 36.5 Å². The first-order valence-electron chi connectivity index (χ1n) is 28.3. The van der Waals surface area contributed by atoms with E-state index in [1.165, 1.54) is 212 Å². The standard InChI is InChI=1S/C58H109NO5/c1-3-5-7-9-11-13-15-27-31-34-38-42-46-50-56(61)55(54-60)59-57(62)51-47-43-39-35-32-28-25-23-21-19-17-16-18-20-22-24-26-29-33-37-41-45-49-53-64-58(63)52-48-44-40-36-30-14-12-10-8-6-4-2/h16,18-19,21,46,50,55-56,60-61H,3-15,17,20,22-45,47-49,51-54H2,1-2H3,(H,59,62)/b18-16-,21-19-,50-46+. The van der Waals surface area contributed by atoms with Crippen LogP contribution in [0.15, 0.2) is 36.5 Å². The fraction of sp³-hybridized carbons (Fsp3) is 0.862. The highest BCUT2D eigenvalue weighted by atomic mass is 16.5. The van der Waals surface area contributed by atoms with Gasteiger partial charge in [-0.3, -0.25) is 9.59 Å². The number of hydrogen-bond acceptors (Lipinski definition) is 5. The number of aliphatic hydroxyl groups excluding tert-OH is 2. The van der Waals surface area contributed by atoms with E-state index in [9.17, 15) is 19.8 Å². The summed E-state index contributed by atoms with van der Waals surface area (Å²) in [6, 6.07) is -0.634. The van der Waals surface area contributed by atoms with Gasteiger partial charge in [0.25, 0.3) is 0 Å². The number of allylic oxidation sites excluding steroid dienone is 5. The van der Waals surface area contributed by atoms with Crippen LogP contribution in [0.3, 0.4) is 0 Å². The Bertz CT molecular complexity index is 1040. The highest BCUT2D eigenvalue weighted by Gasteiger charge is 2.18. The van der Waals surface area contributed by atoms with E-state index in [2.05, 4.69) is 43.5 Å². The Morgan fingerprint density at radius 2 is 0.781 bits per heavy atom. The summed E-state index contributed by atoms with van der Waals surface area (Å²) in [5.41, 5.74) is 0. The van der Waals surface area contributed by atoms with E-state index in [-0.39, 0.29) is 18.5 Å². The predicted octanol–water partition coefficient (Wildman–Crippen LogP) is 17.2. The second kappa shape index (κ2) is 53.7. The molecular formula is C58H109NO5. The van der Waals surface area contributed by atoms with E-state index in [0.29, 0.717) is 19.4 Å². The van der Waals surface area contributed by atoms with Gasteiger partial charge in [-0.2, -0.15) is 0 Å². The first kappa shape index (κ1) is 62.1. The van der Waals surface area contributed by atoms with Crippen LogP contribution in [0.2, 0.25) is 0 Å². The Morgan fingerprint density at radius 3 is 1.19 bits per heavy atom. The molecule has 0 aromatic carbocycles. The van der Waals surface area contributed by atoms with Crippen molar-refractivity contribution in [2.75, 3.05) is 13.2 Å². The molecule has 0 heterocycles. The van der Waals surface area contributed by atoms with Crippen molar-refractivity contribution in [3.63, 3.8) is 0 Å². The maximum absolute atomic E-state index is 12.4. The van der Waals surface area contributed by atoms with Gasteiger partial charge in [-0.05, 0) is 64.2 Å². The number of amides is 1. The second-order valence-electron chi connectivity index (χ2n) is 19.3. The first-order valence-corrected chi connectivity index (χ1v) is 28.3. The van der Waals surface area contributed by atoms with E-state index in [4.69, 9.17) is 4.74 Å². The molecule has 376 valence electrons. The van der Waals surface area contributed by atoms with Crippen LogP contribution in [0.4, 0.5) is 0 Å². The number of hydrogen-bond donors (Lipinski definition) is 3. The fourth-order valence-corrected chi connectivity index (χ4v) is 8.55. The molecule has 6 heteroatoms. The van der Waals surface area contributed by atoms with Gasteiger partial charge in [-0.15, -0.1) is 0 Å². The Morgan fingerprint density at radius 1 is 0.438 bits per heavy atom. The van der Waals surface area contributed by atoms with Crippen LogP contribution >= 0.6 is 0 Å². The van der Waals surface area contributed by atoms with Gasteiger partial charge in [0.1, 0.15) is 0 Å². The molecule has 64 heavy (non-hydrogen) atoms. The molecular weight excluding hydrogens is 791 g/mol. The number of unbranched alkanes of at least 4 members (excludes halogenated alkanes) is 37. The zero-order valence-electron chi connectivity index (χ0n) is 42.8. The minimum atomic E-state index is -0.850. The van der Waals surface area contributed by atoms with Crippen molar-refractivity contribution in [2.45, 2.75) is 309 Å². The van der Waals surface area contributed by atoms with Crippen molar-refractivity contribution >= 4 is 11.9 Å². The maximum atomic E-state index is 12.4. The molecule has 0 bridgehead atoms. The predicted molar refractivity (Wildman–Crippen MR) is 278 cm³/mol. The Balaban J connectivity index is 3.48. The van der Waals surface area contributed by atoms with Crippen LogP contribution in [-0.4, -0.2) is 47.4 Å². The summed E-state index contributed by atoms with van der Waals surface area (Å²) in [5.74, 6) is -0.0730. The van der Waals surface area contributed by atoms with Gasteiger partial charge < -0.3 is 20.3 Å². The van der Waals surface area contributed by atoms with E-state index in [1.54, 1.807) is 6.08 Å². The first-order chi connectivity index (χ1) is 31.5. The van der Waals surface area contributed by atoms with Gasteiger partial charge in [0.2, 0.25) is 5.91 Å². The van der Waals surface area contributed by atoms with E-state index >= 15 is 0 Å². The van der Waals surface area contributed by atoms with Gasteiger partial charge >= 0.3 is 5.97 Å².